The van der Waals surface area contributed by atoms with Gasteiger partial charge in [0.1, 0.15) is 0 Å². The number of nitrogens with two attached hydrogens (primary N) is 1. The van der Waals surface area contributed by atoms with Crippen molar-refractivity contribution in [3.8, 4) is 0 Å². The summed E-state index contributed by atoms with van der Waals surface area (Å²) in [6.07, 6.45) is 2.96. The molecular weight excluding hydrogens is 256 g/mol. The van der Waals surface area contributed by atoms with Crippen molar-refractivity contribution in [1.29, 1.82) is 0 Å². The van der Waals surface area contributed by atoms with Crippen molar-refractivity contribution in [2.24, 2.45) is 17.6 Å². The molecule has 5 heteroatoms. The van der Waals surface area contributed by atoms with Crippen LogP contribution in [0.5, 0.6) is 0 Å². The van der Waals surface area contributed by atoms with E-state index in [1.54, 1.807) is 24.3 Å². The highest BCUT2D eigenvalue weighted by Gasteiger charge is 2.31. The van der Waals surface area contributed by atoms with Crippen LogP contribution in [0.1, 0.15) is 24.8 Å². The van der Waals surface area contributed by atoms with Gasteiger partial charge in [0.25, 0.3) is 0 Å². The van der Waals surface area contributed by atoms with Gasteiger partial charge in [-0.1, -0.05) is 18.6 Å². The monoisotopic (exact) mass is 276 g/mol. The Hall–Kier alpha value is -1.88. The van der Waals surface area contributed by atoms with Gasteiger partial charge in [0.15, 0.2) is 0 Å². The van der Waals surface area contributed by atoms with Gasteiger partial charge in [-0.3, -0.25) is 9.59 Å². The van der Waals surface area contributed by atoms with Crippen molar-refractivity contribution in [1.82, 2.24) is 0 Å². The molecule has 1 amide bonds. The lowest BCUT2D eigenvalue weighted by Crippen LogP contribution is -2.29. The Kier molecular flexibility index (Phi) is 4.74. The standard InChI is InChI=1S/C15H20N2O3/c16-9-11-2-1-3-13(11)15(20)17-12-6-4-10(5-7-12)8-14(18)19/h4-7,11,13H,1-3,8-9,16H2,(H,17,20)(H,18,19). The highest BCUT2D eigenvalue weighted by atomic mass is 16.4. The number of benzene rings is 1. The van der Waals surface area contributed by atoms with Crippen LogP contribution in [0, 0.1) is 11.8 Å². The van der Waals surface area contributed by atoms with Gasteiger partial charge in [-0.15, -0.1) is 0 Å². The zero-order valence-corrected chi connectivity index (χ0v) is 11.3. The van der Waals surface area contributed by atoms with E-state index in [9.17, 15) is 9.59 Å². The second-order valence-corrected chi connectivity index (χ2v) is 5.29. The van der Waals surface area contributed by atoms with Gasteiger partial charge < -0.3 is 16.2 Å². The summed E-state index contributed by atoms with van der Waals surface area (Å²) in [5.74, 6) is -0.567. The molecule has 0 aromatic heterocycles. The normalized spacial score (nSPS) is 21.6. The molecule has 0 spiro atoms. The molecule has 2 unspecified atom stereocenters. The first kappa shape index (κ1) is 14.5. The molecule has 0 aliphatic heterocycles. The van der Waals surface area contributed by atoms with Gasteiger partial charge in [-0.25, -0.2) is 0 Å². The first-order valence-corrected chi connectivity index (χ1v) is 6.92. The van der Waals surface area contributed by atoms with Crippen molar-refractivity contribution >= 4 is 17.6 Å². The van der Waals surface area contributed by atoms with E-state index in [1.807, 2.05) is 0 Å². The average Bonchev–Trinajstić information content (AvgIpc) is 2.89. The number of hydrogen-bond donors (Lipinski definition) is 3. The summed E-state index contributed by atoms with van der Waals surface area (Å²) in [5, 5.41) is 11.6. The topological polar surface area (TPSA) is 92.4 Å². The van der Waals surface area contributed by atoms with Gasteiger partial charge in [0.2, 0.25) is 5.91 Å². The van der Waals surface area contributed by atoms with Crippen molar-refractivity contribution in [2.45, 2.75) is 25.7 Å². The SMILES string of the molecule is NCC1CCCC1C(=O)Nc1ccc(CC(=O)O)cc1. The number of amides is 1. The number of carboxylic acids is 1. The third-order valence-electron chi connectivity index (χ3n) is 3.88. The molecule has 1 aromatic rings. The van der Waals surface area contributed by atoms with Crippen LogP contribution in [0.4, 0.5) is 5.69 Å². The first-order chi connectivity index (χ1) is 9.60. The molecule has 2 rings (SSSR count). The fourth-order valence-corrected chi connectivity index (χ4v) is 2.78. The summed E-state index contributed by atoms with van der Waals surface area (Å²) < 4.78 is 0. The molecule has 5 nitrogen and oxygen atoms in total. The molecule has 108 valence electrons. The maximum Gasteiger partial charge on any atom is 0.307 e. The number of rotatable bonds is 5. The molecular formula is C15H20N2O3. The Bertz CT molecular complexity index is 484. The second kappa shape index (κ2) is 6.52. The fraction of sp³-hybridized carbons (Fsp3) is 0.467. The quantitative estimate of drug-likeness (QED) is 0.762. The summed E-state index contributed by atoms with van der Waals surface area (Å²) in [6, 6.07) is 6.92. The molecule has 0 bridgehead atoms. The maximum atomic E-state index is 12.2. The lowest BCUT2D eigenvalue weighted by molar-refractivity contribution is -0.136. The molecule has 20 heavy (non-hydrogen) atoms. The van der Waals surface area contributed by atoms with E-state index in [2.05, 4.69) is 5.32 Å². The van der Waals surface area contributed by atoms with Crippen molar-refractivity contribution in [2.75, 3.05) is 11.9 Å². The fourth-order valence-electron chi connectivity index (χ4n) is 2.78. The maximum absolute atomic E-state index is 12.2. The van der Waals surface area contributed by atoms with Crippen LogP contribution >= 0.6 is 0 Å². The number of carbonyl (C=O) groups is 2. The number of anilines is 1. The molecule has 0 heterocycles. The summed E-state index contributed by atoms with van der Waals surface area (Å²) in [4.78, 5) is 22.8. The highest BCUT2D eigenvalue weighted by molar-refractivity contribution is 5.93. The smallest absolute Gasteiger partial charge is 0.307 e. The zero-order valence-electron chi connectivity index (χ0n) is 11.3. The van der Waals surface area contributed by atoms with Crippen LogP contribution in [-0.2, 0) is 16.0 Å². The molecule has 0 radical (unpaired) electrons. The van der Waals surface area contributed by atoms with E-state index in [4.69, 9.17) is 10.8 Å². The summed E-state index contributed by atoms with van der Waals surface area (Å²) >= 11 is 0. The van der Waals surface area contributed by atoms with Gasteiger partial charge >= 0.3 is 5.97 Å². The van der Waals surface area contributed by atoms with Crippen LogP contribution in [-0.4, -0.2) is 23.5 Å². The molecule has 1 aliphatic carbocycles. The minimum atomic E-state index is -0.862. The van der Waals surface area contributed by atoms with Crippen molar-refractivity contribution in [3.05, 3.63) is 29.8 Å². The number of nitrogens with one attached hydrogen (secondary N) is 1. The summed E-state index contributed by atoms with van der Waals surface area (Å²) in [5.41, 5.74) is 7.11. The molecule has 1 fully saturated rings. The van der Waals surface area contributed by atoms with E-state index in [1.165, 1.54) is 0 Å². The zero-order chi connectivity index (χ0) is 14.5. The molecule has 2 atom stereocenters. The lowest BCUT2D eigenvalue weighted by Gasteiger charge is -2.17. The van der Waals surface area contributed by atoms with Crippen LogP contribution < -0.4 is 11.1 Å². The van der Waals surface area contributed by atoms with Gasteiger partial charge in [-0.05, 0) is 43.0 Å². The average molecular weight is 276 g/mol. The van der Waals surface area contributed by atoms with E-state index < -0.39 is 5.97 Å². The lowest BCUT2D eigenvalue weighted by atomic mass is 9.95. The minimum Gasteiger partial charge on any atom is -0.481 e. The van der Waals surface area contributed by atoms with Crippen LogP contribution in [0.2, 0.25) is 0 Å². The van der Waals surface area contributed by atoms with E-state index in [-0.39, 0.29) is 24.2 Å². The molecule has 1 saturated carbocycles. The number of carboxylic acid groups (broad SMARTS) is 1. The highest BCUT2D eigenvalue weighted by Crippen LogP contribution is 2.31. The predicted octanol–water partition coefficient (Wildman–Crippen LogP) is 1.63. The number of hydrogen-bond acceptors (Lipinski definition) is 3. The van der Waals surface area contributed by atoms with Crippen molar-refractivity contribution < 1.29 is 14.7 Å². The Morgan fingerprint density at radius 3 is 2.55 bits per heavy atom. The molecule has 4 N–H and O–H groups in total. The Morgan fingerprint density at radius 2 is 1.95 bits per heavy atom. The van der Waals surface area contributed by atoms with Crippen LogP contribution in [0.15, 0.2) is 24.3 Å². The predicted molar refractivity (Wildman–Crippen MR) is 76.3 cm³/mol. The van der Waals surface area contributed by atoms with Crippen molar-refractivity contribution in [3.63, 3.8) is 0 Å². The van der Waals surface area contributed by atoms with Crippen LogP contribution in [0.3, 0.4) is 0 Å². The number of aliphatic carboxylic acids is 1. The Balaban J connectivity index is 1.95. The van der Waals surface area contributed by atoms with Gasteiger partial charge in [0, 0.05) is 11.6 Å². The second-order valence-electron chi connectivity index (χ2n) is 5.29. The van der Waals surface area contributed by atoms with E-state index >= 15 is 0 Å². The summed E-state index contributed by atoms with van der Waals surface area (Å²) in [7, 11) is 0. The van der Waals surface area contributed by atoms with E-state index in [0.29, 0.717) is 12.2 Å². The Morgan fingerprint density at radius 1 is 1.25 bits per heavy atom. The minimum absolute atomic E-state index is 0.00121. The molecule has 1 aromatic carbocycles. The third-order valence-corrected chi connectivity index (χ3v) is 3.88. The molecule has 0 saturated heterocycles. The third kappa shape index (κ3) is 3.57. The van der Waals surface area contributed by atoms with E-state index in [0.717, 1.165) is 24.8 Å². The summed E-state index contributed by atoms with van der Waals surface area (Å²) in [6.45, 7) is 0.551. The van der Waals surface area contributed by atoms with Crippen LogP contribution in [0.25, 0.3) is 0 Å². The van der Waals surface area contributed by atoms with Gasteiger partial charge in [0.05, 0.1) is 6.42 Å². The number of carbonyl (C=O) groups excluding carboxylic acids is 1. The van der Waals surface area contributed by atoms with Gasteiger partial charge in [-0.2, -0.15) is 0 Å². The Labute approximate surface area is 118 Å². The molecule has 1 aliphatic rings. The largest absolute Gasteiger partial charge is 0.481 e. The first-order valence-electron chi connectivity index (χ1n) is 6.92.